The molecule has 31 heavy (non-hydrogen) atoms. The molecule has 9 heteroatoms. The van der Waals surface area contributed by atoms with E-state index < -0.39 is 0 Å². The maximum absolute atomic E-state index is 5.59. The molecule has 2 fully saturated rings. The van der Waals surface area contributed by atoms with E-state index in [1.165, 1.54) is 0 Å². The van der Waals surface area contributed by atoms with Gasteiger partial charge in [0.05, 0.1) is 18.8 Å². The number of ether oxygens (including phenoxy) is 1. The van der Waals surface area contributed by atoms with Gasteiger partial charge in [0.1, 0.15) is 16.9 Å². The van der Waals surface area contributed by atoms with Crippen molar-refractivity contribution in [1.82, 2.24) is 30.0 Å². The second-order valence-electron chi connectivity index (χ2n) is 8.28. The minimum Gasteiger partial charge on any atom is -0.380 e. The molecular formula is C22H30N8O. The predicted molar refractivity (Wildman–Crippen MR) is 121 cm³/mol. The average molecular weight is 423 g/mol. The van der Waals surface area contributed by atoms with E-state index in [0.717, 1.165) is 65.8 Å². The Balaban J connectivity index is 1.61. The third kappa shape index (κ3) is 3.83. The fourth-order valence-corrected chi connectivity index (χ4v) is 4.57. The van der Waals surface area contributed by atoms with Gasteiger partial charge in [0.2, 0.25) is 5.95 Å². The topological polar surface area (TPSA) is 93.0 Å². The molecule has 0 aliphatic carbocycles. The monoisotopic (exact) mass is 422 g/mol. The highest BCUT2D eigenvalue weighted by molar-refractivity contribution is 5.90. The molecule has 0 saturated carbocycles. The highest BCUT2D eigenvalue weighted by Gasteiger charge is 2.39. The standard InChI is InChI=1S/C22H30N8O/c1-4-17-19-20(30(28-17)8-9-31-5-2)21(25-18-10-14(3)6-7-23-18)27-22(26-19)29-13-15-11-16(29)12-24-15/h6-7,10,15-16,24H,4-5,8-9,11-13H2,1-3H3,(H,23,25,26,27)/t15-,16-/m1/s1. The van der Waals surface area contributed by atoms with Crippen molar-refractivity contribution in [3.63, 3.8) is 0 Å². The SMILES string of the molecule is CCOCCn1nc(CC)c2nc(N3C[C@H]4C[C@@H]3CN4)nc(Nc3cc(C)ccn3)c21. The van der Waals surface area contributed by atoms with Crippen LogP contribution in [0.5, 0.6) is 0 Å². The molecule has 0 aromatic carbocycles. The Hall–Kier alpha value is -2.78. The maximum Gasteiger partial charge on any atom is 0.228 e. The van der Waals surface area contributed by atoms with Gasteiger partial charge in [0.25, 0.3) is 0 Å². The highest BCUT2D eigenvalue weighted by atomic mass is 16.5. The van der Waals surface area contributed by atoms with Crippen molar-refractivity contribution in [2.45, 2.75) is 52.2 Å². The van der Waals surface area contributed by atoms with Gasteiger partial charge in [-0.2, -0.15) is 10.1 Å². The highest BCUT2D eigenvalue weighted by Crippen LogP contribution is 2.32. The van der Waals surface area contributed by atoms with Crippen molar-refractivity contribution in [2.24, 2.45) is 0 Å². The van der Waals surface area contributed by atoms with Crippen LogP contribution in [0.25, 0.3) is 11.0 Å². The summed E-state index contributed by atoms with van der Waals surface area (Å²) in [4.78, 5) is 16.8. The first-order valence-corrected chi connectivity index (χ1v) is 11.2. The molecule has 164 valence electrons. The molecule has 3 aromatic rings. The number of nitrogens with one attached hydrogen (secondary N) is 2. The molecule has 0 amide bonds. The molecule has 0 spiro atoms. The Kier molecular flexibility index (Phi) is 5.45. The second-order valence-corrected chi connectivity index (χ2v) is 8.28. The van der Waals surface area contributed by atoms with Gasteiger partial charge >= 0.3 is 0 Å². The van der Waals surface area contributed by atoms with Crippen LogP contribution in [0.2, 0.25) is 0 Å². The second kappa shape index (κ2) is 8.39. The number of hydrogen-bond donors (Lipinski definition) is 2. The van der Waals surface area contributed by atoms with Crippen LogP contribution in [-0.2, 0) is 17.7 Å². The van der Waals surface area contributed by atoms with Crippen molar-refractivity contribution < 1.29 is 4.74 Å². The van der Waals surface area contributed by atoms with Gasteiger partial charge in [0.15, 0.2) is 5.82 Å². The smallest absolute Gasteiger partial charge is 0.228 e. The van der Waals surface area contributed by atoms with Gasteiger partial charge in [0, 0.05) is 38.0 Å². The first-order valence-electron chi connectivity index (χ1n) is 11.2. The number of aryl methyl sites for hydroxylation is 2. The number of nitrogens with zero attached hydrogens (tertiary/aromatic N) is 6. The molecule has 9 nitrogen and oxygen atoms in total. The lowest BCUT2D eigenvalue weighted by Gasteiger charge is -2.27. The van der Waals surface area contributed by atoms with Gasteiger partial charge < -0.3 is 20.3 Å². The van der Waals surface area contributed by atoms with Crippen LogP contribution >= 0.6 is 0 Å². The van der Waals surface area contributed by atoms with E-state index >= 15 is 0 Å². The Morgan fingerprint density at radius 1 is 1.29 bits per heavy atom. The molecule has 3 aromatic heterocycles. The summed E-state index contributed by atoms with van der Waals surface area (Å²) in [6.07, 6.45) is 3.77. The molecule has 2 saturated heterocycles. The van der Waals surface area contributed by atoms with Crippen LogP contribution in [0.4, 0.5) is 17.6 Å². The summed E-state index contributed by atoms with van der Waals surface area (Å²) in [5, 5.41) is 11.9. The summed E-state index contributed by atoms with van der Waals surface area (Å²) >= 11 is 0. The number of anilines is 3. The number of fused-ring (bicyclic) bond motifs is 3. The summed E-state index contributed by atoms with van der Waals surface area (Å²) in [6, 6.07) is 4.99. The Bertz CT molecular complexity index is 1080. The third-order valence-corrected chi connectivity index (χ3v) is 6.11. The minimum atomic E-state index is 0.450. The summed E-state index contributed by atoms with van der Waals surface area (Å²) in [6.45, 7) is 10.0. The predicted octanol–water partition coefficient (Wildman–Crippen LogP) is 2.42. The molecule has 5 heterocycles. The van der Waals surface area contributed by atoms with E-state index in [9.17, 15) is 0 Å². The Morgan fingerprint density at radius 2 is 2.19 bits per heavy atom. The van der Waals surface area contributed by atoms with E-state index in [0.29, 0.717) is 31.8 Å². The molecule has 2 N–H and O–H groups in total. The van der Waals surface area contributed by atoms with Crippen LogP contribution < -0.4 is 15.5 Å². The van der Waals surface area contributed by atoms with Crippen LogP contribution in [0.15, 0.2) is 18.3 Å². The van der Waals surface area contributed by atoms with Gasteiger partial charge in [-0.05, 0) is 44.4 Å². The summed E-state index contributed by atoms with van der Waals surface area (Å²) in [5.74, 6) is 2.29. The van der Waals surface area contributed by atoms with Crippen LogP contribution in [0, 0.1) is 6.92 Å². The molecule has 5 rings (SSSR count). The lowest BCUT2D eigenvalue weighted by molar-refractivity contribution is 0.137. The van der Waals surface area contributed by atoms with E-state index in [2.05, 4.69) is 34.4 Å². The fourth-order valence-electron chi connectivity index (χ4n) is 4.57. The van der Waals surface area contributed by atoms with E-state index in [1.54, 1.807) is 0 Å². The van der Waals surface area contributed by atoms with Crippen LogP contribution in [-0.4, -0.2) is 63.1 Å². The third-order valence-electron chi connectivity index (χ3n) is 6.11. The first kappa shape index (κ1) is 20.1. The first-order chi connectivity index (χ1) is 15.2. The number of piperazine rings is 1. The largest absolute Gasteiger partial charge is 0.380 e. The van der Waals surface area contributed by atoms with Crippen LogP contribution in [0.1, 0.15) is 31.5 Å². The zero-order valence-corrected chi connectivity index (χ0v) is 18.4. The van der Waals surface area contributed by atoms with E-state index in [-0.39, 0.29) is 0 Å². The summed E-state index contributed by atoms with van der Waals surface area (Å²) in [7, 11) is 0. The van der Waals surface area contributed by atoms with Crippen LogP contribution in [0.3, 0.4) is 0 Å². The van der Waals surface area contributed by atoms with Crippen molar-refractivity contribution in [3.05, 3.63) is 29.6 Å². The Labute approximate surface area is 182 Å². The molecule has 2 bridgehead atoms. The van der Waals surface area contributed by atoms with Gasteiger partial charge in [-0.1, -0.05) is 6.92 Å². The van der Waals surface area contributed by atoms with Crippen molar-refractivity contribution in [2.75, 3.05) is 36.5 Å². The average Bonchev–Trinajstić information content (AvgIpc) is 3.48. The number of pyridine rings is 1. The molecule has 2 aliphatic heterocycles. The fraction of sp³-hybridized carbons (Fsp3) is 0.545. The normalized spacial score (nSPS) is 20.2. The lowest BCUT2D eigenvalue weighted by Crippen LogP contribution is -2.44. The lowest BCUT2D eigenvalue weighted by atomic mass is 10.2. The van der Waals surface area contributed by atoms with E-state index in [4.69, 9.17) is 19.8 Å². The number of rotatable bonds is 8. The van der Waals surface area contributed by atoms with Gasteiger partial charge in [-0.25, -0.2) is 9.97 Å². The zero-order chi connectivity index (χ0) is 21.4. The van der Waals surface area contributed by atoms with Crippen molar-refractivity contribution in [3.8, 4) is 0 Å². The quantitative estimate of drug-likeness (QED) is 0.535. The summed E-state index contributed by atoms with van der Waals surface area (Å²) < 4.78 is 7.57. The molecule has 0 unspecified atom stereocenters. The number of aromatic nitrogens is 5. The van der Waals surface area contributed by atoms with Crippen molar-refractivity contribution in [1.29, 1.82) is 0 Å². The van der Waals surface area contributed by atoms with E-state index in [1.807, 2.05) is 29.9 Å². The van der Waals surface area contributed by atoms with Gasteiger partial charge in [-0.15, -0.1) is 0 Å². The zero-order valence-electron chi connectivity index (χ0n) is 18.4. The number of hydrogen-bond acceptors (Lipinski definition) is 8. The molecule has 2 atom stereocenters. The minimum absolute atomic E-state index is 0.450. The summed E-state index contributed by atoms with van der Waals surface area (Å²) in [5.41, 5.74) is 3.95. The molecular weight excluding hydrogens is 392 g/mol. The molecule has 0 radical (unpaired) electrons. The Morgan fingerprint density at radius 3 is 2.90 bits per heavy atom. The van der Waals surface area contributed by atoms with Gasteiger partial charge in [-0.3, -0.25) is 4.68 Å². The molecule has 2 aliphatic rings. The van der Waals surface area contributed by atoms with Crippen molar-refractivity contribution >= 4 is 28.6 Å². The maximum atomic E-state index is 5.59.